The molecule has 0 radical (unpaired) electrons. The van der Waals surface area contributed by atoms with Crippen molar-refractivity contribution in [2.45, 2.75) is 50.6 Å². The SMILES string of the molecule is CCNC(c1nccn1C)C1(N(C)C)CCCCC1. The van der Waals surface area contributed by atoms with Gasteiger partial charge in [-0.3, -0.25) is 0 Å². The second-order valence-corrected chi connectivity index (χ2v) is 5.95. The Labute approximate surface area is 117 Å². The average Bonchev–Trinajstić information content (AvgIpc) is 2.82. The fraction of sp³-hybridized carbons (Fsp3) is 0.800. The summed E-state index contributed by atoms with van der Waals surface area (Å²) in [6, 6.07) is 0.313. The first-order valence-corrected chi connectivity index (χ1v) is 7.50. The maximum Gasteiger partial charge on any atom is 0.127 e. The predicted octanol–water partition coefficient (Wildman–Crippen LogP) is 2.34. The number of aromatic nitrogens is 2. The lowest BCUT2D eigenvalue weighted by molar-refractivity contribution is 0.0527. The van der Waals surface area contributed by atoms with Crippen LogP contribution >= 0.6 is 0 Å². The van der Waals surface area contributed by atoms with E-state index in [-0.39, 0.29) is 5.54 Å². The van der Waals surface area contributed by atoms with Crippen molar-refractivity contribution in [2.75, 3.05) is 20.6 Å². The Morgan fingerprint density at radius 1 is 1.37 bits per heavy atom. The molecule has 0 saturated heterocycles. The van der Waals surface area contributed by atoms with Crippen LogP contribution in [-0.4, -0.2) is 40.6 Å². The first-order chi connectivity index (χ1) is 9.12. The van der Waals surface area contributed by atoms with Gasteiger partial charge in [-0.15, -0.1) is 0 Å². The maximum absolute atomic E-state index is 4.61. The zero-order valence-electron chi connectivity index (χ0n) is 12.8. The van der Waals surface area contributed by atoms with Crippen molar-refractivity contribution in [3.05, 3.63) is 18.2 Å². The molecular weight excluding hydrogens is 236 g/mol. The number of imidazole rings is 1. The van der Waals surface area contributed by atoms with Crippen LogP contribution in [0.5, 0.6) is 0 Å². The molecule has 1 aliphatic rings. The molecule has 2 rings (SSSR count). The van der Waals surface area contributed by atoms with Gasteiger partial charge in [0.25, 0.3) is 0 Å². The first kappa shape index (κ1) is 14.5. The van der Waals surface area contributed by atoms with Crippen LogP contribution in [-0.2, 0) is 7.05 Å². The van der Waals surface area contributed by atoms with Crippen LogP contribution in [0.1, 0.15) is 50.9 Å². The Hall–Kier alpha value is -0.870. The van der Waals surface area contributed by atoms with E-state index in [1.807, 2.05) is 12.4 Å². The Balaban J connectivity index is 2.37. The van der Waals surface area contributed by atoms with Gasteiger partial charge in [-0.1, -0.05) is 26.2 Å². The third-order valence-electron chi connectivity index (χ3n) is 4.67. The van der Waals surface area contributed by atoms with Crippen molar-refractivity contribution in [3.63, 3.8) is 0 Å². The summed E-state index contributed by atoms with van der Waals surface area (Å²) in [7, 11) is 6.54. The highest BCUT2D eigenvalue weighted by Crippen LogP contribution is 2.41. The van der Waals surface area contributed by atoms with Crippen LogP contribution in [0.25, 0.3) is 0 Å². The summed E-state index contributed by atoms with van der Waals surface area (Å²) in [5.41, 5.74) is 0.202. The highest BCUT2D eigenvalue weighted by atomic mass is 15.2. The van der Waals surface area contributed by atoms with Crippen LogP contribution in [0, 0.1) is 0 Å². The van der Waals surface area contributed by atoms with Crippen LogP contribution in [0.2, 0.25) is 0 Å². The number of likely N-dealkylation sites (N-methyl/N-ethyl adjacent to an activating group) is 2. The quantitative estimate of drug-likeness (QED) is 0.886. The van der Waals surface area contributed by atoms with E-state index in [0.29, 0.717) is 6.04 Å². The van der Waals surface area contributed by atoms with Gasteiger partial charge < -0.3 is 14.8 Å². The van der Waals surface area contributed by atoms with E-state index >= 15 is 0 Å². The van der Waals surface area contributed by atoms with Gasteiger partial charge in [-0.2, -0.15) is 0 Å². The van der Waals surface area contributed by atoms with Crippen molar-refractivity contribution in [1.82, 2.24) is 19.8 Å². The zero-order chi connectivity index (χ0) is 13.9. The molecule has 1 fully saturated rings. The monoisotopic (exact) mass is 264 g/mol. The molecule has 4 nitrogen and oxygen atoms in total. The molecule has 0 amide bonds. The molecule has 1 saturated carbocycles. The lowest BCUT2D eigenvalue weighted by Gasteiger charge is -2.48. The lowest BCUT2D eigenvalue weighted by Crippen LogP contribution is -2.55. The van der Waals surface area contributed by atoms with Crippen molar-refractivity contribution in [3.8, 4) is 0 Å². The largest absolute Gasteiger partial charge is 0.337 e. The molecular formula is C15H28N4. The molecule has 1 aromatic heterocycles. The van der Waals surface area contributed by atoms with Gasteiger partial charge in [-0.25, -0.2) is 4.98 Å². The third kappa shape index (κ3) is 2.70. The van der Waals surface area contributed by atoms with Crippen LogP contribution in [0.15, 0.2) is 12.4 Å². The number of aryl methyl sites for hydroxylation is 1. The van der Waals surface area contributed by atoms with Crippen molar-refractivity contribution >= 4 is 0 Å². The number of nitrogens with zero attached hydrogens (tertiary/aromatic N) is 3. The second-order valence-electron chi connectivity index (χ2n) is 5.95. The summed E-state index contributed by atoms with van der Waals surface area (Å²) in [6.07, 6.45) is 10.5. The highest BCUT2D eigenvalue weighted by Gasteiger charge is 2.43. The minimum Gasteiger partial charge on any atom is -0.337 e. The second kappa shape index (κ2) is 6.06. The molecule has 108 valence electrons. The lowest BCUT2D eigenvalue weighted by atomic mass is 9.75. The van der Waals surface area contributed by atoms with E-state index in [1.54, 1.807) is 0 Å². The normalized spacial score (nSPS) is 20.7. The average molecular weight is 264 g/mol. The van der Waals surface area contributed by atoms with E-state index < -0.39 is 0 Å². The minimum atomic E-state index is 0.202. The van der Waals surface area contributed by atoms with Crippen molar-refractivity contribution in [2.24, 2.45) is 7.05 Å². The number of hydrogen-bond acceptors (Lipinski definition) is 3. The minimum absolute atomic E-state index is 0.202. The molecule has 0 bridgehead atoms. The molecule has 4 heteroatoms. The van der Waals surface area contributed by atoms with Gasteiger partial charge in [0.15, 0.2) is 0 Å². The third-order valence-corrected chi connectivity index (χ3v) is 4.67. The first-order valence-electron chi connectivity index (χ1n) is 7.50. The van der Waals surface area contributed by atoms with Gasteiger partial charge in [0, 0.05) is 25.0 Å². The predicted molar refractivity (Wildman–Crippen MR) is 79.1 cm³/mol. The Bertz CT molecular complexity index is 391. The number of rotatable bonds is 5. The topological polar surface area (TPSA) is 33.1 Å². The molecule has 19 heavy (non-hydrogen) atoms. The molecule has 0 aliphatic heterocycles. The smallest absolute Gasteiger partial charge is 0.127 e. The fourth-order valence-electron chi connectivity index (χ4n) is 3.54. The molecule has 1 unspecified atom stereocenters. The van der Waals surface area contributed by atoms with Crippen LogP contribution < -0.4 is 5.32 Å². The van der Waals surface area contributed by atoms with E-state index in [4.69, 9.17) is 0 Å². The zero-order valence-corrected chi connectivity index (χ0v) is 12.8. The Morgan fingerprint density at radius 3 is 2.53 bits per heavy atom. The van der Waals surface area contributed by atoms with Gasteiger partial charge in [0.05, 0.1) is 6.04 Å². The van der Waals surface area contributed by atoms with Crippen molar-refractivity contribution < 1.29 is 0 Å². The highest BCUT2D eigenvalue weighted by molar-refractivity contribution is 5.11. The van der Waals surface area contributed by atoms with Gasteiger partial charge in [0.1, 0.15) is 5.82 Å². The van der Waals surface area contributed by atoms with Gasteiger partial charge in [-0.05, 0) is 33.5 Å². The van der Waals surface area contributed by atoms with E-state index in [0.717, 1.165) is 12.4 Å². The number of hydrogen-bond donors (Lipinski definition) is 1. The van der Waals surface area contributed by atoms with Crippen molar-refractivity contribution in [1.29, 1.82) is 0 Å². The maximum atomic E-state index is 4.61. The van der Waals surface area contributed by atoms with Gasteiger partial charge >= 0.3 is 0 Å². The van der Waals surface area contributed by atoms with E-state index in [1.165, 1.54) is 32.1 Å². The van der Waals surface area contributed by atoms with E-state index in [9.17, 15) is 0 Å². The summed E-state index contributed by atoms with van der Waals surface area (Å²) in [5.74, 6) is 1.16. The summed E-state index contributed by atoms with van der Waals surface area (Å²) in [5, 5.41) is 3.69. The molecule has 1 aliphatic carbocycles. The molecule has 0 spiro atoms. The molecule has 0 aromatic carbocycles. The van der Waals surface area contributed by atoms with Crippen LogP contribution in [0.3, 0.4) is 0 Å². The molecule has 1 atom stereocenters. The Morgan fingerprint density at radius 2 is 2.05 bits per heavy atom. The summed E-state index contributed by atoms with van der Waals surface area (Å²) >= 11 is 0. The molecule has 1 heterocycles. The molecule has 1 aromatic rings. The summed E-state index contributed by atoms with van der Waals surface area (Å²) in [4.78, 5) is 7.04. The van der Waals surface area contributed by atoms with E-state index in [2.05, 4.69) is 47.8 Å². The standard InChI is InChI=1S/C15H28N4/c1-5-16-13(14-17-11-12-19(14)4)15(18(2)3)9-7-6-8-10-15/h11-13,16H,5-10H2,1-4H3. The summed E-state index contributed by atoms with van der Waals surface area (Å²) in [6.45, 7) is 3.16. The number of nitrogens with one attached hydrogen (secondary N) is 1. The van der Waals surface area contributed by atoms with Gasteiger partial charge in [0.2, 0.25) is 0 Å². The Kier molecular flexibility index (Phi) is 4.63. The van der Waals surface area contributed by atoms with Crippen LogP contribution in [0.4, 0.5) is 0 Å². The summed E-state index contributed by atoms with van der Waals surface area (Å²) < 4.78 is 2.16. The fourth-order valence-corrected chi connectivity index (χ4v) is 3.54. The molecule has 1 N–H and O–H groups in total.